The van der Waals surface area contributed by atoms with Crippen molar-refractivity contribution in [3.05, 3.63) is 35.6 Å². The van der Waals surface area contributed by atoms with Crippen LogP contribution < -0.4 is 11.1 Å². The molecule has 0 amide bonds. The topological polar surface area (TPSA) is 38.0 Å². The molecule has 2 nitrogen and oxygen atoms in total. The molecule has 94 valence electrons. The molecule has 1 aliphatic heterocycles. The van der Waals surface area contributed by atoms with E-state index in [-0.39, 0.29) is 0 Å². The largest absolute Gasteiger partial charge is 0.399 e. The van der Waals surface area contributed by atoms with Crippen LogP contribution in [-0.4, -0.2) is 13.1 Å². The van der Waals surface area contributed by atoms with Crippen LogP contribution in [0.3, 0.4) is 0 Å². The zero-order valence-corrected chi connectivity index (χ0v) is 10.9. The van der Waals surface area contributed by atoms with Gasteiger partial charge in [-0.3, -0.25) is 0 Å². The highest BCUT2D eigenvalue weighted by molar-refractivity contribution is 5.23. The van der Waals surface area contributed by atoms with Gasteiger partial charge in [-0.05, 0) is 43.2 Å². The third kappa shape index (κ3) is 3.22. The Bertz CT molecular complexity index is 352. The van der Waals surface area contributed by atoms with Crippen LogP contribution >= 0.6 is 0 Å². The summed E-state index contributed by atoms with van der Waals surface area (Å²) in [7, 11) is 0. The number of nitrogens with two attached hydrogens (primary N) is 1. The number of rotatable bonds is 3. The molecule has 0 aromatic rings. The first-order valence-corrected chi connectivity index (χ1v) is 6.71. The molecule has 0 saturated heterocycles. The fourth-order valence-electron chi connectivity index (χ4n) is 2.98. The highest BCUT2D eigenvalue weighted by atomic mass is 14.9. The molecule has 1 aliphatic carbocycles. The zero-order chi connectivity index (χ0) is 12.3. The third-order valence-electron chi connectivity index (χ3n) is 3.92. The molecular formula is C15H24N2. The van der Waals surface area contributed by atoms with Crippen LogP contribution in [0.15, 0.2) is 35.6 Å². The Balaban J connectivity index is 1.94. The van der Waals surface area contributed by atoms with E-state index in [4.69, 9.17) is 5.73 Å². The maximum absolute atomic E-state index is 5.82. The number of hydrogen-bond acceptors (Lipinski definition) is 2. The molecule has 2 unspecified atom stereocenters. The summed E-state index contributed by atoms with van der Waals surface area (Å²) in [5.74, 6) is 1.88. The molecule has 1 heterocycles. The Morgan fingerprint density at radius 3 is 3.00 bits per heavy atom. The third-order valence-corrected chi connectivity index (χ3v) is 3.92. The van der Waals surface area contributed by atoms with Crippen LogP contribution in [0.5, 0.6) is 0 Å². The Morgan fingerprint density at radius 2 is 2.35 bits per heavy atom. The molecule has 3 N–H and O–H groups in total. The van der Waals surface area contributed by atoms with Crippen LogP contribution in [0.2, 0.25) is 0 Å². The van der Waals surface area contributed by atoms with Gasteiger partial charge in [-0.1, -0.05) is 37.6 Å². The average molecular weight is 232 g/mol. The van der Waals surface area contributed by atoms with E-state index in [2.05, 4.69) is 43.5 Å². The van der Waals surface area contributed by atoms with E-state index in [1.165, 1.54) is 12.8 Å². The number of hydrogen-bond donors (Lipinski definition) is 2. The maximum atomic E-state index is 5.82. The first-order valence-electron chi connectivity index (χ1n) is 6.71. The summed E-state index contributed by atoms with van der Waals surface area (Å²) < 4.78 is 0. The second kappa shape index (κ2) is 5.54. The molecule has 0 radical (unpaired) electrons. The summed E-state index contributed by atoms with van der Waals surface area (Å²) >= 11 is 0. The summed E-state index contributed by atoms with van der Waals surface area (Å²) in [5, 5.41) is 3.44. The lowest BCUT2D eigenvalue weighted by Gasteiger charge is -2.29. The van der Waals surface area contributed by atoms with Crippen LogP contribution in [-0.2, 0) is 0 Å². The molecule has 0 aromatic carbocycles. The molecule has 0 fully saturated rings. The second-order valence-corrected chi connectivity index (χ2v) is 5.47. The summed E-state index contributed by atoms with van der Waals surface area (Å²) in [4.78, 5) is 0. The van der Waals surface area contributed by atoms with Crippen molar-refractivity contribution in [1.29, 1.82) is 0 Å². The summed E-state index contributed by atoms with van der Waals surface area (Å²) in [5.41, 5.74) is 8.32. The lowest BCUT2D eigenvalue weighted by molar-refractivity contribution is 0.348. The first kappa shape index (κ1) is 12.4. The maximum Gasteiger partial charge on any atom is 0.0273 e. The number of allylic oxidation sites excluding steroid dienone is 3. The molecule has 0 bridgehead atoms. The van der Waals surface area contributed by atoms with Crippen molar-refractivity contribution in [3.8, 4) is 0 Å². The van der Waals surface area contributed by atoms with Gasteiger partial charge in [0, 0.05) is 12.2 Å². The summed E-state index contributed by atoms with van der Waals surface area (Å²) in [6, 6.07) is 0. The SMILES string of the molecule is CC1C=C(N)C=CC1[C@@H](C)CC1=CCCNC1. The summed E-state index contributed by atoms with van der Waals surface area (Å²) in [6.45, 7) is 6.84. The summed E-state index contributed by atoms with van der Waals surface area (Å²) in [6.07, 6.45) is 11.4. The second-order valence-electron chi connectivity index (χ2n) is 5.47. The van der Waals surface area contributed by atoms with Gasteiger partial charge >= 0.3 is 0 Å². The Hall–Kier alpha value is -1.02. The van der Waals surface area contributed by atoms with Crippen molar-refractivity contribution in [2.24, 2.45) is 23.5 Å². The van der Waals surface area contributed by atoms with Gasteiger partial charge < -0.3 is 11.1 Å². The van der Waals surface area contributed by atoms with Gasteiger partial charge in [0.25, 0.3) is 0 Å². The minimum atomic E-state index is 0.562. The van der Waals surface area contributed by atoms with Crippen molar-refractivity contribution in [1.82, 2.24) is 5.32 Å². The van der Waals surface area contributed by atoms with Crippen LogP contribution in [0.1, 0.15) is 26.7 Å². The van der Waals surface area contributed by atoms with Crippen molar-refractivity contribution in [2.45, 2.75) is 26.7 Å². The molecule has 3 atom stereocenters. The zero-order valence-electron chi connectivity index (χ0n) is 10.9. The molecule has 0 saturated carbocycles. The minimum Gasteiger partial charge on any atom is -0.399 e. The van der Waals surface area contributed by atoms with Crippen LogP contribution in [0.4, 0.5) is 0 Å². The lowest BCUT2D eigenvalue weighted by Crippen LogP contribution is -2.26. The fraction of sp³-hybridized carbons (Fsp3) is 0.600. The normalized spacial score (nSPS) is 30.7. The van der Waals surface area contributed by atoms with Crippen molar-refractivity contribution in [3.63, 3.8) is 0 Å². The molecular weight excluding hydrogens is 208 g/mol. The average Bonchev–Trinajstić information content (AvgIpc) is 2.30. The van der Waals surface area contributed by atoms with E-state index in [1.54, 1.807) is 5.57 Å². The van der Waals surface area contributed by atoms with Gasteiger partial charge in [0.15, 0.2) is 0 Å². The molecule has 2 heteroatoms. The van der Waals surface area contributed by atoms with Gasteiger partial charge in [0.05, 0.1) is 0 Å². The predicted octanol–water partition coefficient (Wildman–Crippen LogP) is 2.60. The van der Waals surface area contributed by atoms with Crippen molar-refractivity contribution < 1.29 is 0 Å². The van der Waals surface area contributed by atoms with Gasteiger partial charge in [-0.25, -0.2) is 0 Å². The smallest absolute Gasteiger partial charge is 0.0273 e. The van der Waals surface area contributed by atoms with Gasteiger partial charge in [-0.2, -0.15) is 0 Å². The van der Waals surface area contributed by atoms with E-state index in [0.29, 0.717) is 17.8 Å². The lowest BCUT2D eigenvalue weighted by atomic mass is 9.77. The molecule has 2 aliphatic rings. The Morgan fingerprint density at radius 1 is 1.53 bits per heavy atom. The van der Waals surface area contributed by atoms with Gasteiger partial charge in [-0.15, -0.1) is 0 Å². The van der Waals surface area contributed by atoms with E-state index >= 15 is 0 Å². The Kier molecular flexibility index (Phi) is 4.06. The first-order chi connectivity index (χ1) is 8.16. The van der Waals surface area contributed by atoms with Crippen LogP contribution in [0, 0.1) is 17.8 Å². The monoisotopic (exact) mass is 232 g/mol. The number of nitrogens with one attached hydrogen (secondary N) is 1. The van der Waals surface area contributed by atoms with Gasteiger partial charge in [0.1, 0.15) is 0 Å². The molecule has 0 aromatic heterocycles. The van der Waals surface area contributed by atoms with E-state index < -0.39 is 0 Å². The molecule has 17 heavy (non-hydrogen) atoms. The standard InChI is InChI=1S/C15H24N2/c1-11(8-13-4-3-7-17-10-13)15-6-5-14(16)9-12(15)2/h4-6,9,11-12,15,17H,3,7-8,10,16H2,1-2H3/t11-,12?,15?/m0/s1. The molecule has 2 rings (SSSR count). The van der Waals surface area contributed by atoms with Crippen LogP contribution in [0.25, 0.3) is 0 Å². The van der Waals surface area contributed by atoms with E-state index in [0.717, 1.165) is 18.8 Å². The quantitative estimate of drug-likeness (QED) is 0.734. The highest BCUT2D eigenvalue weighted by Crippen LogP contribution is 2.31. The van der Waals surface area contributed by atoms with Crippen molar-refractivity contribution in [2.75, 3.05) is 13.1 Å². The van der Waals surface area contributed by atoms with Gasteiger partial charge in [0.2, 0.25) is 0 Å². The van der Waals surface area contributed by atoms with Crippen molar-refractivity contribution >= 4 is 0 Å². The molecule has 0 spiro atoms. The minimum absolute atomic E-state index is 0.562. The van der Waals surface area contributed by atoms with E-state index in [9.17, 15) is 0 Å². The van der Waals surface area contributed by atoms with E-state index in [1.807, 2.05) is 0 Å². The Labute approximate surface area is 105 Å². The fourth-order valence-corrected chi connectivity index (χ4v) is 2.98. The highest BCUT2D eigenvalue weighted by Gasteiger charge is 2.23. The predicted molar refractivity (Wildman–Crippen MR) is 73.4 cm³/mol.